The molecule has 1 heterocycles. The van der Waals surface area contributed by atoms with Crippen molar-refractivity contribution in [3.63, 3.8) is 0 Å². The Hall–Kier alpha value is 0.150. The summed E-state index contributed by atoms with van der Waals surface area (Å²) in [7, 11) is -2.52. The van der Waals surface area contributed by atoms with Gasteiger partial charge in [0.1, 0.15) is 0 Å². The van der Waals surface area contributed by atoms with E-state index in [-0.39, 0.29) is 35.1 Å². The van der Waals surface area contributed by atoms with Crippen molar-refractivity contribution in [3.8, 4) is 0 Å². The number of ether oxygens (including phenoxy) is 1. The van der Waals surface area contributed by atoms with E-state index in [2.05, 4.69) is 48.5 Å². The Morgan fingerprint density at radius 1 is 1.05 bits per heavy atom. The Balaban J connectivity index is 3.08. The maximum Gasteiger partial charge on any atom is 0.197 e. The van der Waals surface area contributed by atoms with Gasteiger partial charge in [-0.1, -0.05) is 41.5 Å². The van der Waals surface area contributed by atoms with Gasteiger partial charge in [0.15, 0.2) is 7.37 Å². The third-order valence-corrected chi connectivity index (χ3v) is 5.69. The minimum absolute atomic E-state index is 0.0225. The molecule has 1 aliphatic rings. The molecule has 0 aliphatic carbocycles. The van der Waals surface area contributed by atoms with Crippen molar-refractivity contribution in [2.75, 3.05) is 13.3 Å². The molecule has 0 N–H and O–H groups in total. The van der Waals surface area contributed by atoms with Gasteiger partial charge in [-0.25, -0.2) is 0 Å². The molecule has 0 spiro atoms. The van der Waals surface area contributed by atoms with Crippen LogP contribution in [0.2, 0.25) is 0 Å². The van der Waals surface area contributed by atoms with Crippen molar-refractivity contribution >= 4 is 7.37 Å². The van der Waals surface area contributed by atoms with Gasteiger partial charge in [-0.05, 0) is 17.8 Å². The number of hydrogen-bond acceptors (Lipinski definition) is 3. The molecule has 19 heavy (non-hydrogen) atoms. The van der Waals surface area contributed by atoms with Gasteiger partial charge in [0.05, 0.1) is 18.3 Å². The highest BCUT2D eigenvalue weighted by molar-refractivity contribution is 7.57. The highest BCUT2D eigenvalue weighted by atomic mass is 31.2. The molecule has 0 aromatic carbocycles. The molecule has 0 aromatic heterocycles. The minimum atomic E-state index is -2.52. The van der Waals surface area contributed by atoms with Gasteiger partial charge in [0.2, 0.25) is 0 Å². The van der Waals surface area contributed by atoms with Crippen LogP contribution in [0.15, 0.2) is 0 Å². The fourth-order valence-corrected chi connectivity index (χ4v) is 3.32. The zero-order chi connectivity index (χ0) is 15.2. The standard InChI is InChI=1S/C15H31O3P/c1-10-11(2)17-13(12(10)18-19(8,9)16)15(6,7)14(3,4)5/h10-13H,1-9H3/t10-,11-,12-,13-/m0/s1. The van der Waals surface area contributed by atoms with Crippen molar-refractivity contribution < 1.29 is 13.8 Å². The molecule has 0 amide bonds. The van der Waals surface area contributed by atoms with Crippen molar-refractivity contribution in [1.82, 2.24) is 0 Å². The predicted molar refractivity (Wildman–Crippen MR) is 81.1 cm³/mol. The summed E-state index contributed by atoms with van der Waals surface area (Å²) in [5.74, 6) is 0.264. The van der Waals surface area contributed by atoms with E-state index in [9.17, 15) is 4.57 Å². The SMILES string of the molecule is C[C@@H]1[C@H](OP(C)(C)=O)[C@@H](C(C)(C)C(C)(C)C)O[C@H]1C. The van der Waals surface area contributed by atoms with Crippen LogP contribution in [0.4, 0.5) is 0 Å². The fraction of sp³-hybridized carbons (Fsp3) is 1.00. The summed E-state index contributed by atoms with van der Waals surface area (Å²) in [6.07, 6.45) is 0.0268. The molecule has 0 bridgehead atoms. The number of hydrogen-bond donors (Lipinski definition) is 0. The molecule has 0 unspecified atom stereocenters. The smallest absolute Gasteiger partial charge is 0.197 e. The quantitative estimate of drug-likeness (QED) is 0.722. The molecule has 1 saturated heterocycles. The monoisotopic (exact) mass is 290 g/mol. The Morgan fingerprint density at radius 2 is 1.53 bits per heavy atom. The molecular weight excluding hydrogens is 259 g/mol. The summed E-state index contributed by atoms with van der Waals surface area (Å²) in [6, 6.07) is 0. The summed E-state index contributed by atoms with van der Waals surface area (Å²) in [5, 5.41) is 0. The molecule has 1 aliphatic heterocycles. The lowest BCUT2D eigenvalue weighted by atomic mass is 9.64. The van der Waals surface area contributed by atoms with E-state index in [4.69, 9.17) is 9.26 Å². The van der Waals surface area contributed by atoms with Crippen molar-refractivity contribution in [3.05, 3.63) is 0 Å². The second-order valence-electron chi connectivity index (χ2n) is 7.91. The van der Waals surface area contributed by atoms with E-state index in [1.807, 2.05) is 0 Å². The van der Waals surface area contributed by atoms with E-state index in [1.54, 1.807) is 13.3 Å². The van der Waals surface area contributed by atoms with Crippen LogP contribution in [0.3, 0.4) is 0 Å². The first-order chi connectivity index (χ1) is 8.27. The maximum atomic E-state index is 12.1. The molecule has 4 atom stereocenters. The Morgan fingerprint density at radius 3 is 1.89 bits per heavy atom. The van der Waals surface area contributed by atoms with Gasteiger partial charge in [0, 0.05) is 19.2 Å². The molecule has 1 fully saturated rings. The lowest BCUT2D eigenvalue weighted by Gasteiger charge is -2.45. The highest BCUT2D eigenvalue weighted by Gasteiger charge is 2.53. The summed E-state index contributed by atoms with van der Waals surface area (Å²) in [5.41, 5.74) is 0.0420. The molecule has 114 valence electrons. The van der Waals surface area contributed by atoms with Gasteiger partial charge in [-0.2, -0.15) is 0 Å². The minimum Gasteiger partial charge on any atom is -0.372 e. The summed E-state index contributed by atoms with van der Waals surface area (Å²) in [6.45, 7) is 18.7. The van der Waals surface area contributed by atoms with E-state index in [1.165, 1.54) is 0 Å². The predicted octanol–water partition coefficient (Wildman–Crippen LogP) is 4.41. The Labute approximate surface area is 118 Å². The van der Waals surface area contributed by atoms with E-state index >= 15 is 0 Å². The summed E-state index contributed by atoms with van der Waals surface area (Å²) < 4.78 is 24.2. The molecule has 3 nitrogen and oxygen atoms in total. The van der Waals surface area contributed by atoms with Crippen molar-refractivity contribution in [2.45, 2.75) is 66.8 Å². The van der Waals surface area contributed by atoms with Gasteiger partial charge in [0.25, 0.3) is 0 Å². The summed E-state index contributed by atoms with van der Waals surface area (Å²) >= 11 is 0. The van der Waals surface area contributed by atoms with Crippen LogP contribution in [0.1, 0.15) is 48.5 Å². The first-order valence-electron chi connectivity index (χ1n) is 7.16. The maximum absolute atomic E-state index is 12.1. The highest BCUT2D eigenvalue weighted by Crippen LogP contribution is 2.52. The first-order valence-corrected chi connectivity index (χ1v) is 9.68. The second-order valence-corrected chi connectivity index (χ2v) is 10.6. The third kappa shape index (κ3) is 3.62. The van der Waals surface area contributed by atoms with Crippen molar-refractivity contribution in [1.29, 1.82) is 0 Å². The summed E-state index contributed by atoms with van der Waals surface area (Å²) in [4.78, 5) is 0. The molecule has 4 heteroatoms. The zero-order valence-corrected chi connectivity index (χ0v) is 14.9. The molecule has 1 rings (SSSR count). The van der Waals surface area contributed by atoms with E-state index in [0.29, 0.717) is 0 Å². The average Bonchev–Trinajstić information content (AvgIpc) is 2.42. The van der Waals surface area contributed by atoms with Crippen LogP contribution in [-0.4, -0.2) is 31.6 Å². The van der Waals surface area contributed by atoms with Crippen LogP contribution in [-0.2, 0) is 13.8 Å². The second kappa shape index (κ2) is 5.16. The largest absolute Gasteiger partial charge is 0.372 e. The average molecular weight is 290 g/mol. The van der Waals surface area contributed by atoms with Crippen LogP contribution < -0.4 is 0 Å². The normalized spacial score (nSPS) is 33.7. The van der Waals surface area contributed by atoms with Crippen LogP contribution in [0.25, 0.3) is 0 Å². The van der Waals surface area contributed by atoms with Crippen molar-refractivity contribution in [2.24, 2.45) is 16.7 Å². The van der Waals surface area contributed by atoms with Crippen LogP contribution in [0.5, 0.6) is 0 Å². The Kier molecular flexibility index (Phi) is 4.68. The molecule has 0 saturated carbocycles. The molecule has 0 aromatic rings. The fourth-order valence-electron chi connectivity index (χ4n) is 2.43. The van der Waals surface area contributed by atoms with E-state index in [0.717, 1.165) is 0 Å². The number of rotatable bonds is 3. The zero-order valence-electron chi connectivity index (χ0n) is 14.0. The van der Waals surface area contributed by atoms with E-state index < -0.39 is 7.37 Å². The van der Waals surface area contributed by atoms with Crippen LogP contribution in [0, 0.1) is 16.7 Å². The van der Waals surface area contributed by atoms with Gasteiger partial charge < -0.3 is 9.26 Å². The third-order valence-electron chi connectivity index (χ3n) is 4.94. The molecular formula is C15H31O3P. The van der Waals surface area contributed by atoms with Gasteiger partial charge >= 0.3 is 0 Å². The van der Waals surface area contributed by atoms with Crippen LogP contribution >= 0.6 is 7.37 Å². The lowest BCUT2D eigenvalue weighted by molar-refractivity contribution is -0.0920. The van der Waals surface area contributed by atoms with Gasteiger partial charge in [-0.3, -0.25) is 4.57 Å². The Bertz CT molecular complexity index is 364. The molecule has 0 radical (unpaired) electrons. The topological polar surface area (TPSA) is 35.5 Å². The first kappa shape index (κ1) is 17.2. The van der Waals surface area contributed by atoms with Gasteiger partial charge in [-0.15, -0.1) is 0 Å². The lowest BCUT2D eigenvalue weighted by Crippen LogP contribution is -2.47.